The Kier molecular flexibility index (Phi) is 37.0. The molecule has 11 atom stereocenters. The second kappa shape index (κ2) is 40.6. The number of carbonyl (C=O) groups excluding carboxylic acids is 3. The first-order chi connectivity index (χ1) is 35.1. The highest BCUT2D eigenvalue weighted by Gasteiger charge is 2.49. The van der Waals surface area contributed by atoms with Crippen molar-refractivity contribution in [1.29, 1.82) is 0 Å². The maximum absolute atomic E-state index is 13.3. The molecule has 0 spiro atoms. The van der Waals surface area contributed by atoms with E-state index in [-0.39, 0.29) is 25.7 Å². The summed E-state index contributed by atoms with van der Waals surface area (Å²) < 4.78 is 40.2. The average molecular weight is 1060 g/mol. The van der Waals surface area contributed by atoms with Gasteiger partial charge in [0.15, 0.2) is 18.7 Å². The number of phosphoric acid groups is 1. The minimum atomic E-state index is -5.11. The van der Waals surface area contributed by atoms with Crippen molar-refractivity contribution in [2.24, 2.45) is 0 Å². The van der Waals surface area contributed by atoms with E-state index in [0.717, 1.165) is 70.6 Å². The van der Waals surface area contributed by atoms with E-state index in [4.69, 9.17) is 23.5 Å². The molecule has 0 aliphatic carbocycles. The molecular weight excluding hydrogens is 964 g/mol. The molecule has 2 aliphatic heterocycles. The molecule has 2 fully saturated rings. The number of amides is 2. The third-order valence-electron chi connectivity index (χ3n) is 13.1. The van der Waals surface area contributed by atoms with E-state index in [1.165, 1.54) is 57.8 Å². The molecule has 2 aliphatic rings. The zero-order chi connectivity index (χ0) is 53.7. The van der Waals surface area contributed by atoms with Gasteiger partial charge in [0.1, 0.15) is 30.5 Å². The average Bonchev–Trinajstić information content (AvgIpc) is 3.33. The number of hydrogen-bond acceptors (Lipinski definition) is 14. The van der Waals surface area contributed by atoms with Gasteiger partial charge in [0.2, 0.25) is 11.8 Å². The summed E-state index contributed by atoms with van der Waals surface area (Å²) in [6, 6.07) is -2.62. The van der Waals surface area contributed by atoms with Gasteiger partial charge in [0, 0.05) is 12.8 Å². The van der Waals surface area contributed by atoms with Crippen LogP contribution in [0.3, 0.4) is 0 Å². The van der Waals surface area contributed by atoms with Crippen LogP contribution in [0.25, 0.3) is 0 Å². The smallest absolute Gasteiger partial charge is 0.457 e. The fourth-order valence-corrected chi connectivity index (χ4v) is 9.51. The number of aliphatic hydroxyl groups is 5. The monoisotopic (exact) mass is 1060 g/mol. The summed E-state index contributed by atoms with van der Waals surface area (Å²) in [7, 11) is -5.11. The summed E-state index contributed by atoms with van der Waals surface area (Å²) in [5.74, 6) is -1.98. The van der Waals surface area contributed by atoms with Crippen molar-refractivity contribution in [2.75, 3.05) is 13.2 Å². The molecular formula is C54H97N2O16P. The van der Waals surface area contributed by atoms with Crippen LogP contribution in [0.15, 0.2) is 36.5 Å². The lowest BCUT2D eigenvalue weighted by atomic mass is 9.96. The summed E-state index contributed by atoms with van der Waals surface area (Å²) in [5, 5.41) is 59.9. The van der Waals surface area contributed by atoms with Crippen LogP contribution in [0.4, 0.5) is 0 Å². The predicted octanol–water partition coefficient (Wildman–Crippen LogP) is 7.92. The summed E-state index contributed by atoms with van der Waals surface area (Å²) in [5.41, 5.74) is 0. The largest absolute Gasteiger partial charge is 0.469 e. The number of esters is 1. The number of hydrogen-bond donors (Lipinski definition) is 9. The van der Waals surface area contributed by atoms with Gasteiger partial charge in [-0.05, 0) is 96.3 Å². The molecule has 9 N–H and O–H groups in total. The Morgan fingerprint density at radius 3 is 1.58 bits per heavy atom. The van der Waals surface area contributed by atoms with Gasteiger partial charge in [-0.1, -0.05) is 121 Å². The lowest BCUT2D eigenvalue weighted by molar-refractivity contribution is -0.287. The number of ether oxygens (including phenoxy) is 4. The molecule has 2 rings (SSSR count). The molecule has 0 aromatic heterocycles. The van der Waals surface area contributed by atoms with Gasteiger partial charge < -0.3 is 64.9 Å². The Morgan fingerprint density at radius 2 is 1.11 bits per heavy atom. The van der Waals surface area contributed by atoms with Crippen LogP contribution in [-0.2, 0) is 42.4 Å². The molecule has 2 saturated heterocycles. The molecule has 0 saturated carbocycles. The molecule has 424 valence electrons. The molecule has 2 amide bonds. The van der Waals surface area contributed by atoms with E-state index in [0.29, 0.717) is 32.1 Å². The number of aliphatic hydroxyl groups excluding tert-OH is 5. The fourth-order valence-electron chi connectivity index (χ4n) is 8.93. The van der Waals surface area contributed by atoms with Gasteiger partial charge in [0.05, 0.1) is 44.3 Å². The van der Waals surface area contributed by atoms with Crippen LogP contribution in [-0.4, -0.2) is 134 Å². The standard InChI is InChI=1S/C54H97N2O16P/c1-4-7-10-13-16-19-20-23-26-29-32-35-49(62)71-52-50(56-48(61)37-42(59)34-31-28-25-22-18-15-12-9-6-3)53(64)69-46(51(52)63)40-68-54-43(38-44(45(39-57)70-54)72-73(65,66)67)55-47(60)36-41(58)33-30-27-24-21-17-14-11-8-5-2/h19-22,24-25,41-46,50-54,57-59,63-64H,4-18,23,26-40H2,1-3H3,(H,55,60)(H,56,61)(H2,65,66,67)/b20-19-,24-21-,25-22-/t41?,42?,43?,44-,45?,46?,50?,51+,52+,53-,54+/m0/s1. The van der Waals surface area contributed by atoms with Gasteiger partial charge in [-0.2, -0.15) is 0 Å². The van der Waals surface area contributed by atoms with Crippen molar-refractivity contribution < 1.29 is 77.7 Å². The number of phosphoric ester groups is 1. The zero-order valence-electron chi connectivity index (χ0n) is 44.5. The van der Waals surface area contributed by atoms with Crippen molar-refractivity contribution in [1.82, 2.24) is 10.6 Å². The summed E-state index contributed by atoms with van der Waals surface area (Å²) >= 11 is 0. The highest BCUT2D eigenvalue weighted by molar-refractivity contribution is 7.46. The molecule has 6 unspecified atom stereocenters. The molecule has 73 heavy (non-hydrogen) atoms. The van der Waals surface area contributed by atoms with Gasteiger partial charge >= 0.3 is 13.8 Å². The third-order valence-corrected chi connectivity index (χ3v) is 13.7. The van der Waals surface area contributed by atoms with Crippen LogP contribution in [0.1, 0.15) is 207 Å². The van der Waals surface area contributed by atoms with Crippen LogP contribution >= 0.6 is 7.82 Å². The van der Waals surface area contributed by atoms with Crippen molar-refractivity contribution in [2.45, 2.75) is 274 Å². The second-order valence-corrected chi connectivity index (χ2v) is 21.0. The molecule has 0 bridgehead atoms. The zero-order valence-corrected chi connectivity index (χ0v) is 45.4. The van der Waals surface area contributed by atoms with E-state index in [1.807, 2.05) is 0 Å². The van der Waals surface area contributed by atoms with E-state index < -0.39 is 106 Å². The van der Waals surface area contributed by atoms with E-state index in [9.17, 15) is 54.3 Å². The van der Waals surface area contributed by atoms with Crippen molar-refractivity contribution in [3.05, 3.63) is 36.5 Å². The highest BCUT2D eigenvalue weighted by Crippen LogP contribution is 2.41. The SMILES string of the molecule is CCCCCC/C=C\CCCCCC(=O)O[C@@H]1C(NC(=O)CC(O)CCC/C=C\CCCCCC)[C@@H](O)OC(CO[C@@H]2OC(CO)[C@@H](OP(=O)(O)O)CC2NC(=O)CC(O)CCC/C=C\CCCCCC)[C@H]1O. The van der Waals surface area contributed by atoms with Crippen LogP contribution in [0, 0.1) is 0 Å². The van der Waals surface area contributed by atoms with E-state index in [2.05, 4.69) is 67.9 Å². The maximum atomic E-state index is 13.3. The highest BCUT2D eigenvalue weighted by atomic mass is 31.2. The molecule has 18 nitrogen and oxygen atoms in total. The second-order valence-electron chi connectivity index (χ2n) is 19.8. The van der Waals surface area contributed by atoms with Crippen LogP contribution in [0.2, 0.25) is 0 Å². The van der Waals surface area contributed by atoms with Crippen LogP contribution < -0.4 is 10.6 Å². The number of nitrogens with one attached hydrogen (secondary N) is 2. The number of carbonyl (C=O) groups is 3. The molecule has 2 heterocycles. The minimum absolute atomic E-state index is 0.00271. The van der Waals surface area contributed by atoms with E-state index >= 15 is 0 Å². The first-order valence-corrected chi connectivity index (χ1v) is 29.4. The molecule has 0 aromatic rings. The lowest BCUT2D eigenvalue weighted by Crippen LogP contribution is -2.66. The molecule has 19 heteroatoms. The summed E-state index contributed by atoms with van der Waals surface area (Å²) in [6.45, 7) is 5.17. The summed E-state index contributed by atoms with van der Waals surface area (Å²) in [6.07, 6.45) is 22.7. The number of rotatable bonds is 42. The topological polar surface area (TPSA) is 280 Å². The van der Waals surface area contributed by atoms with Crippen molar-refractivity contribution in [3.63, 3.8) is 0 Å². The number of allylic oxidation sites excluding steroid dienone is 6. The van der Waals surface area contributed by atoms with Crippen molar-refractivity contribution >= 4 is 25.6 Å². The van der Waals surface area contributed by atoms with Crippen LogP contribution in [0.5, 0.6) is 0 Å². The molecule has 0 aromatic carbocycles. The lowest BCUT2D eigenvalue weighted by Gasteiger charge is -2.44. The van der Waals surface area contributed by atoms with Crippen molar-refractivity contribution in [3.8, 4) is 0 Å². The fraction of sp³-hybridized carbons (Fsp3) is 0.833. The Labute approximate surface area is 436 Å². The van der Waals surface area contributed by atoms with Gasteiger partial charge in [-0.25, -0.2) is 4.57 Å². The number of unbranched alkanes of at least 4 members (excludes halogenated alkanes) is 17. The Morgan fingerprint density at radius 1 is 0.644 bits per heavy atom. The predicted molar refractivity (Wildman–Crippen MR) is 280 cm³/mol. The quantitative estimate of drug-likeness (QED) is 0.0121. The summed E-state index contributed by atoms with van der Waals surface area (Å²) in [4.78, 5) is 59.2. The Bertz CT molecular complexity index is 1600. The maximum Gasteiger partial charge on any atom is 0.469 e. The van der Waals surface area contributed by atoms with Gasteiger partial charge in [0.25, 0.3) is 0 Å². The van der Waals surface area contributed by atoms with E-state index in [1.54, 1.807) is 0 Å². The van der Waals surface area contributed by atoms with Gasteiger partial charge in [-0.15, -0.1) is 0 Å². The third kappa shape index (κ3) is 31.3. The first-order valence-electron chi connectivity index (χ1n) is 27.8. The normalized spacial score (nSPS) is 24.6. The van der Waals surface area contributed by atoms with Gasteiger partial charge in [-0.3, -0.25) is 18.9 Å². The minimum Gasteiger partial charge on any atom is -0.457 e. The first kappa shape index (κ1) is 66.5. The molecule has 0 radical (unpaired) electrons. The Hall–Kier alpha value is -2.58. The Balaban J connectivity index is 2.15.